The lowest BCUT2D eigenvalue weighted by Crippen LogP contribution is -2.62. The SMILES string of the molecule is COC(=O)N1C[C@@H]2C[C@H](Br)[C@H](Br)C[C@@H]21. The molecule has 1 saturated carbocycles. The van der Waals surface area contributed by atoms with Gasteiger partial charge in [-0.05, 0) is 18.8 Å². The van der Waals surface area contributed by atoms with Crippen molar-refractivity contribution in [3.63, 3.8) is 0 Å². The predicted octanol–water partition coefficient (Wildman–Crippen LogP) is 2.37. The topological polar surface area (TPSA) is 29.5 Å². The molecule has 5 heteroatoms. The third-order valence-electron chi connectivity index (χ3n) is 3.17. The van der Waals surface area contributed by atoms with Crippen LogP contribution in [0.4, 0.5) is 4.79 Å². The average molecular weight is 327 g/mol. The highest BCUT2D eigenvalue weighted by Crippen LogP contribution is 2.42. The Morgan fingerprint density at radius 1 is 1.36 bits per heavy atom. The van der Waals surface area contributed by atoms with E-state index in [1.807, 2.05) is 4.90 Å². The summed E-state index contributed by atoms with van der Waals surface area (Å²) in [6, 6.07) is 0.389. The highest BCUT2D eigenvalue weighted by atomic mass is 79.9. The highest BCUT2D eigenvalue weighted by Gasteiger charge is 2.47. The average Bonchev–Trinajstić information content (AvgIpc) is 2.16. The number of ether oxygens (including phenoxy) is 1. The molecular weight excluding hydrogens is 314 g/mol. The Hall–Kier alpha value is 0.230. The van der Waals surface area contributed by atoms with Gasteiger partial charge in [0, 0.05) is 22.2 Å². The van der Waals surface area contributed by atoms with E-state index in [1.54, 1.807) is 0 Å². The zero-order valence-corrected chi connectivity index (χ0v) is 11.1. The van der Waals surface area contributed by atoms with E-state index >= 15 is 0 Å². The monoisotopic (exact) mass is 325 g/mol. The fraction of sp³-hybridized carbons (Fsp3) is 0.889. The molecule has 0 unspecified atom stereocenters. The van der Waals surface area contributed by atoms with Crippen molar-refractivity contribution in [2.45, 2.75) is 28.5 Å². The minimum absolute atomic E-state index is 0.182. The molecule has 1 aliphatic carbocycles. The summed E-state index contributed by atoms with van der Waals surface area (Å²) in [5.74, 6) is 0.660. The molecular formula is C9H13Br2NO2. The largest absolute Gasteiger partial charge is 0.453 e. The van der Waals surface area contributed by atoms with Crippen LogP contribution in [-0.4, -0.2) is 40.3 Å². The Morgan fingerprint density at radius 2 is 2.00 bits per heavy atom. The summed E-state index contributed by atoms with van der Waals surface area (Å²) in [5.41, 5.74) is 0. The Bertz CT molecular complexity index is 249. The van der Waals surface area contributed by atoms with E-state index < -0.39 is 0 Å². The van der Waals surface area contributed by atoms with Crippen molar-refractivity contribution in [2.75, 3.05) is 13.7 Å². The van der Waals surface area contributed by atoms with E-state index in [2.05, 4.69) is 31.9 Å². The molecule has 1 aliphatic heterocycles. The molecule has 3 nitrogen and oxygen atoms in total. The van der Waals surface area contributed by atoms with E-state index in [4.69, 9.17) is 4.74 Å². The minimum Gasteiger partial charge on any atom is -0.453 e. The van der Waals surface area contributed by atoms with Gasteiger partial charge in [-0.15, -0.1) is 0 Å². The van der Waals surface area contributed by atoms with E-state index in [-0.39, 0.29) is 6.09 Å². The Balaban J connectivity index is 1.96. The lowest BCUT2D eigenvalue weighted by atomic mass is 9.77. The molecule has 0 radical (unpaired) electrons. The van der Waals surface area contributed by atoms with E-state index in [1.165, 1.54) is 7.11 Å². The highest BCUT2D eigenvalue weighted by molar-refractivity contribution is 9.12. The predicted molar refractivity (Wildman–Crippen MR) is 61.1 cm³/mol. The van der Waals surface area contributed by atoms with Crippen LogP contribution >= 0.6 is 31.9 Å². The van der Waals surface area contributed by atoms with Crippen molar-refractivity contribution in [1.82, 2.24) is 4.90 Å². The van der Waals surface area contributed by atoms with Gasteiger partial charge >= 0.3 is 6.09 Å². The molecule has 80 valence electrons. The fourth-order valence-electron chi connectivity index (χ4n) is 2.32. The van der Waals surface area contributed by atoms with Crippen molar-refractivity contribution < 1.29 is 9.53 Å². The summed E-state index contributed by atoms with van der Waals surface area (Å²) in [6.45, 7) is 0.860. The smallest absolute Gasteiger partial charge is 0.409 e. The minimum atomic E-state index is -0.182. The fourth-order valence-corrected chi connectivity index (χ4v) is 3.61. The summed E-state index contributed by atoms with van der Waals surface area (Å²) in [4.78, 5) is 14.2. The molecule has 14 heavy (non-hydrogen) atoms. The number of hydrogen-bond donors (Lipinski definition) is 0. The molecule has 1 saturated heterocycles. The van der Waals surface area contributed by atoms with Gasteiger partial charge in [-0.25, -0.2) is 4.79 Å². The van der Waals surface area contributed by atoms with Gasteiger partial charge in [-0.1, -0.05) is 31.9 Å². The van der Waals surface area contributed by atoms with Crippen molar-refractivity contribution in [2.24, 2.45) is 5.92 Å². The number of likely N-dealkylation sites (tertiary alicyclic amines) is 1. The second-order valence-electron chi connectivity index (χ2n) is 3.95. The molecule has 0 spiro atoms. The van der Waals surface area contributed by atoms with E-state index in [9.17, 15) is 4.79 Å². The van der Waals surface area contributed by atoms with E-state index in [0.29, 0.717) is 21.6 Å². The zero-order chi connectivity index (χ0) is 10.3. The normalized spacial score (nSPS) is 41.2. The van der Waals surface area contributed by atoms with Gasteiger partial charge in [0.2, 0.25) is 0 Å². The first kappa shape index (κ1) is 10.7. The van der Waals surface area contributed by atoms with Gasteiger partial charge < -0.3 is 9.64 Å². The molecule has 2 fully saturated rings. The van der Waals surface area contributed by atoms with Gasteiger partial charge in [0.1, 0.15) is 0 Å². The van der Waals surface area contributed by atoms with Crippen LogP contribution in [0.2, 0.25) is 0 Å². The van der Waals surface area contributed by atoms with Crippen LogP contribution in [0.5, 0.6) is 0 Å². The maximum Gasteiger partial charge on any atom is 0.409 e. The quantitative estimate of drug-likeness (QED) is 0.640. The summed E-state index contributed by atoms with van der Waals surface area (Å²) in [7, 11) is 1.44. The molecule has 4 atom stereocenters. The van der Waals surface area contributed by atoms with Crippen LogP contribution in [0.1, 0.15) is 12.8 Å². The number of fused-ring (bicyclic) bond motifs is 1. The molecule has 0 aromatic heterocycles. The molecule has 1 amide bonds. The molecule has 0 aromatic carbocycles. The van der Waals surface area contributed by atoms with Crippen molar-refractivity contribution in [3.8, 4) is 0 Å². The molecule has 0 N–H and O–H groups in total. The zero-order valence-electron chi connectivity index (χ0n) is 7.95. The molecule has 0 aromatic rings. The summed E-state index contributed by atoms with van der Waals surface area (Å²) < 4.78 is 4.73. The van der Waals surface area contributed by atoms with Crippen molar-refractivity contribution >= 4 is 38.0 Å². The number of carbonyl (C=O) groups is 1. The number of nitrogens with zero attached hydrogens (tertiary/aromatic N) is 1. The number of rotatable bonds is 0. The number of halogens is 2. The molecule has 1 heterocycles. The van der Waals surface area contributed by atoms with Gasteiger partial charge in [0.25, 0.3) is 0 Å². The number of amides is 1. The Kier molecular flexibility index (Phi) is 3.07. The third kappa shape index (κ3) is 1.69. The lowest BCUT2D eigenvalue weighted by molar-refractivity contribution is -0.00401. The lowest BCUT2D eigenvalue weighted by Gasteiger charge is -2.52. The number of alkyl halides is 2. The summed E-state index contributed by atoms with van der Waals surface area (Å²) in [6.07, 6.45) is 1.99. The molecule has 2 aliphatic rings. The van der Waals surface area contributed by atoms with Crippen LogP contribution in [0.15, 0.2) is 0 Å². The third-order valence-corrected chi connectivity index (χ3v) is 5.91. The number of carbonyl (C=O) groups excluding carboxylic acids is 1. The first-order valence-electron chi connectivity index (χ1n) is 4.76. The van der Waals surface area contributed by atoms with Gasteiger partial charge in [0.15, 0.2) is 0 Å². The van der Waals surface area contributed by atoms with Crippen LogP contribution in [-0.2, 0) is 4.74 Å². The summed E-state index contributed by atoms with van der Waals surface area (Å²) in [5, 5.41) is 0. The maximum atomic E-state index is 11.3. The number of methoxy groups -OCH3 is 1. The Labute approximate surface area is 100 Å². The van der Waals surface area contributed by atoms with Crippen molar-refractivity contribution in [3.05, 3.63) is 0 Å². The van der Waals surface area contributed by atoms with Crippen LogP contribution in [0, 0.1) is 5.92 Å². The first-order chi connectivity index (χ1) is 6.63. The van der Waals surface area contributed by atoms with Gasteiger partial charge in [-0.3, -0.25) is 0 Å². The van der Waals surface area contributed by atoms with Gasteiger partial charge in [-0.2, -0.15) is 0 Å². The van der Waals surface area contributed by atoms with Gasteiger partial charge in [0.05, 0.1) is 7.11 Å². The maximum absolute atomic E-state index is 11.3. The standard InChI is InChI=1S/C9H13Br2NO2/c1-14-9(13)12-4-5-2-6(10)7(11)3-8(5)12/h5-8H,2-4H2,1H3/t5-,6-,7+,8-/m0/s1. The summed E-state index contributed by atoms with van der Waals surface area (Å²) >= 11 is 7.28. The first-order valence-corrected chi connectivity index (χ1v) is 6.59. The second kappa shape index (κ2) is 4.00. The van der Waals surface area contributed by atoms with Crippen LogP contribution in [0.25, 0.3) is 0 Å². The molecule has 2 rings (SSSR count). The van der Waals surface area contributed by atoms with Crippen molar-refractivity contribution in [1.29, 1.82) is 0 Å². The van der Waals surface area contributed by atoms with Crippen LogP contribution in [0.3, 0.4) is 0 Å². The van der Waals surface area contributed by atoms with Crippen LogP contribution < -0.4 is 0 Å². The van der Waals surface area contributed by atoms with E-state index in [0.717, 1.165) is 19.4 Å². The number of hydrogen-bond acceptors (Lipinski definition) is 2. The second-order valence-corrected chi connectivity index (χ2v) is 6.31. The Morgan fingerprint density at radius 3 is 2.64 bits per heavy atom. The molecule has 0 bridgehead atoms.